The molecule has 2 aromatic rings. The van der Waals surface area contributed by atoms with Crippen molar-refractivity contribution in [2.75, 3.05) is 13.6 Å². The van der Waals surface area contributed by atoms with Gasteiger partial charge in [0, 0.05) is 7.05 Å². The third-order valence-electron chi connectivity index (χ3n) is 5.20. The average Bonchev–Trinajstić information content (AvgIpc) is 2.92. The second-order valence-corrected chi connectivity index (χ2v) is 7.32. The van der Waals surface area contributed by atoms with E-state index < -0.39 is 53.5 Å². The van der Waals surface area contributed by atoms with Gasteiger partial charge in [-0.25, -0.2) is 13.6 Å². The summed E-state index contributed by atoms with van der Waals surface area (Å²) in [4.78, 5) is 51.8. The highest BCUT2D eigenvalue weighted by atomic mass is 19.1. The van der Waals surface area contributed by atoms with Crippen molar-refractivity contribution < 1.29 is 28.0 Å². The Morgan fingerprint density at radius 2 is 1.77 bits per heavy atom. The van der Waals surface area contributed by atoms with Crippen molar-refractivity contribution in [3.05, 3.63) is 71.3 Å². The summed E-state index contributed by atoms with van der Waals surface area (Å²) in [6.07, 6.45) is 0. The minimum Gasteiger partial charge on any atom is -0.368 e. The summed E-state index contributed by atoms with van der Waals surface area (Å²) in [5.74, 6) is -3.51. The molecule has 2 unspecified atom stereocenters. The summed E-state index contributed by atoms with van der Waals surface area (Å²) in [5.41, 5.74) is 4.40. The molecule has 0 bridgehead atoms. The van der Waals surface area contributed by atoms with Gasteiger partial charge in [0.25, 0.3) is 5.91 Å². The Balaban J connectivity index is 1.81. The number of rotatable bonds is 6. The zero-order valence-corrected chi connectivity index (χ0v) is 16.8. The van der Waals surface area contributed by atoms with E-state index in [4.69, 9.17) is 5.73 Å². The minimum absolute atomic E-state index is 0.150. The van der Waals surface area contributed by atoms with Crippen LogP contribution in [0, 0.1) is 11.6 Å². The van der Waals surface area contributed by atoms with Crippen molar-refractivity contribution in [2.45, 2.75) is 18.5 Å². The lowest BCUT2D eigenvalue weighted by molar-refractivity contribution is -0.141. The fraction of sp³-hybridized carbons (Fsp3) is 0.238. The molecule has 0 aliphatic carbocycles. The van der Waals surface area contributed by atoms with Crippen molar-refractivity contribution in [1.82, 2.24) is 15.1 Å². The van der Waals surface area contributed by atoms with Gasteiger partial charge in [0.1, 0.15) is 29.8 Å². The van der Waals surface area contributed by atoms with Crippen molar-refractivity contribution >= 4 is 23.8 Å². The van der Waals surface area contributed by atoms with Crippen LogP contribution in [0.3, 0.4) is 0 Å². The Kier molecular flexibility index (Phi) is 5.74. The van der Waals surface area contributed by atoms with E-state index in [0.29, 0.717) is 10.5 Å². The zero-order valence-electron chi connectivity index (χ0n) is 16.8. The Labute approximate surface area is 176 Å². The first-order chi connectivity index (χ1) is 14.5. The second kappa shape index (κ2) is 8.13. The van der Waals surface area contributed by atoms with E-state index in [1.54, 1.807) is 0 Å². The van der Waals surface area contributed by atoms with Gasteiger partial charge in [0.05, 0.1) is 0 Å². The third kappa shape index (κ3) is 4.09. The summed E-state index contributed by atoms with van der Waals surface area (Å²) in [6.45, 7) is 0.769. The van der Waals surface area contributed by atoms with E-state index in [-0.39, 0.29) is 5.56 Å². The molecule has 1 aliphatic rings. The lowest BCUT2D eigenvalue weighted by Crippen LogP contribution is -2.46. The van der Waals surface area contributed by atoms with Gasteiger partial charge < -0.3 is 16.0 Å². The van der Waals surface area contributed by atoms with E-state index in [9.17, 15) is 28.0 Å². The lowest BCUT2D eigenvalue weighted by atomic mass is 9.92. The van der Waals surface area contributed by atoms with Gasteiger partial charge in [0.15, 0.2) is 0 Å². The number of nitrogens with one attached hydrogen (secondary N) is 1. The van der Waals surface area contributed by atoms with Crippen molar-refractivity contribution in [2.24, 2.45) is 5.73 Å². The summed E-state index contributed by atoms with van der Waals surface area (Å²) < 4.78 is 26.8. The molecule has 0 saturated carbocycles. The van der Waals surface area contributed by atoms with Crippen LogP contribution in [0.5, 0.6) is 0 Å². The first kappa shape index (κ1) is 21.9. The van der Waals surface area contributed by atoms with E-state index in [2.05, 4.69) is 5.32 Å². The average molecular weight is 430 g/mol. The van der Waals surface area contributed by atoms with Gasteiger partial charge in [-0.3, -0.25) is 19.3 Å². The topological polar surface area (TPSA) is 113 Å². The fourth-order valence-corrected chi connectivity index (χ4v) is 3.47. The molecule has 0 spiro atoms. The molecule has 1 aliphatic heterocycles. The zero-order chi connectivity index (χ0) is 22.9. The largest absolute Gasteiger partial charge is 0.368 e. The highest BCUT2D eigenvalue weighted by Gasteiger charge is 2.49. The molecule has 0 radical (unpaired) electrons. The number of likely N-dealkylation sites (N-methyl/N-ethyl adjacent to an activating group) is 1. The molecule has 3 N–H and O–H groups in total. The maximum atomic E-state index is 13.6. The number of carbonyl (C=O) groups is 4. The monoisotopic (exact) mass is 430 g/mol. The number of amides is 5. The van der Waals surface area contributed by atoms with Crippen LogP contribution in [0.15, 0.2) is 48.5 Å². The maximum Gasteiger partial charge on any atom is 0.325 e. The molecular formula is C21H20F2N4O4. The molecule has 0 aromatic heterocycles. The highest BCUT2D eigenvalue weighted by Crippen LogP contribution is 2.29. The smallest absolute Gasteiger partial charge is 0.325 e. The minimum atomic E-state index is -1.49. The Hall–Kier alpha value is -3.82. The van der Waals surface area contributed by atoms with Gasteiger partial charge in [-0.2, -0.15) is 0 Å². The Bertz CT molecular complexity index is 1060. The molecule has 1 heterocycles. The van der Waals surface area contributed by atoms with Crippen LogP contribution >= 0.6 is 0 Å². The van der Waals surface area contributed by atoms with E-state index >= 15 is 0 Å². The number of hydrogen-bond donors (Lipinski definition) is 2. The number of nitrogens with two attached hydrogens (primary N) is 1. The number of urea groups is 1. The van der Waals surface area contributed by atoms with E-state index in [1.165, 1.54) is 44.3 Å². The second-order valence-electron chi connectivity index (χ2n) is 7.32. The van der Waals surface area contributed by atoms with Gasteiger partial charge in [0.2, 0.25) is 11.8 Å². The predicted molar refractivity (Wildman–Crippen MR) is 105 cm³/mol. The first-order valence-electron chi connectivity index (χ1n) is 9.25. The summed E-state index contributed by atoms with van der Waals surface area (Å²) >= 11 is 0. The molecule has 2 atom stereocenters. The Morgan fingerprint density at radius 3 is 2.35 bits per heavy atom. The molecule has 3 rings (SSSR count). The van der Waals surface area contributed by atoms with Crippen LogP contribution in [-0.2, 0) is 19.9 Å². The molecular weight excluding hydrogens is 410 g/mol. The number of imide groups is 1. The summed E-state index contributed by atoms with van der Waals surface area (Å²) in [6, 6.07) is 7.94. The lowest BCUT2D eigenvalue weighted by Gasteiger charge is -2.28. The standard InChI is InChI=1S/C21H20F2N4O4/c1-21(13-6-8-14(22)9-7-13)19(30)27(20(31)25-21)11-16(28)26(2)17(18(24)29)12-4-3-5-15(23)10-12/h3-10,17H,11H2,1-2H3,(H2,24,29)(H,25,31). The van der Waals surface area contributed by atoms with Gasteiger partial charge >= 0.3 is 6.03 Å². The van der Waals surface area contributed by atoms with Crippen LogP contribution in [0.1, 0.15) is 24.1 Å². The van der Waals surface area contributed by atoms with E-state index in [1.807, 2.05) is 0 Å². The quantitative estimate of drug-likeness (QED) is 0.675. The van der Waals surface area contributed by atoms with Crippen LogP contribution < -0.4 is 11.1 Å². The highest BCUT2D eigenvalue weighted by molar-refractivity contribution is 6.09. The summed E-state index contributed by atoms with van der Waals surface area (Å²) in [7, 11) is 1.26. The molecule has 8 nitrogen and oxygen atoms in total. The number of nitrogens with zero attached hydrogens (tertiary/aromatic N) is 2. The van der Waals surface area contributed by atoms with Crippen molar-refractivity contribution in [1.29, 1.82) is 0 Å². The third-order valence-corrected chi connectivity index (χ3v) is 5.20. The fourth-order valence-electron chi connectivity index (χ4n) is 3.47. The van der Waals surface area contributed by atoms with E-state index in [0.717, 1.165) is 23.1 Å². The van der Waals surface area contributed by atoms with Crippen molar-refractivity contribution in [3.63, 3.8) is 0 Å². The van der Waals surface area contributed by atoms with Gasteiger partial charge in [-0.1, -0.05) is 24.3 Å². The molecule has 10 heteroatoms. The van der Waals surface area contributed by atoms with Crippen LogP contribution in [0.4, 0.5) is 13.6 Å². The van der Waals surface area contributed by atoms with Gasteiger partial charge in [-0.15, -0.1) is 0 Å². The molecule has 1 fully saturated rings. The Morgan fingerprint density at radius 1 is 1.13 bits per heavy atom. The predicted octanol–water partition coefficient (Wildman–Crippen LogP) is 1.42. The molecule has 2 aromatic carbocycles. The molecule has 162 valence electrons. The summed E-state index contributed by atoms with van der Waals surface area (Å²) in [5, 5.41) is 2.50. The maximum absolute atomic E-state index is 13.6. The SMILES string of the molecule is CN(C(=O)CN1C(=O)NC(C)(c2ccc(F)cc2)C1=O)C(C(N)=O)c1cccc(F)c1. The van der Waals surface area contributed by atoms with Crippen LogP contribution in [0.2, 0.25) is 0 Å². The van der Waals surface area contributed by atoms with Crippen molar-refractivity contribution in [3.8, 4) is 0 Å². The first-order valence-corrected chi connectivity index (χ1v) is 9.25. The van der Waals surface area contributed by atoms with Crippen LogP contribution in [0.25, 0.3) is 0 Å². The number of primary amides is 1. The number of carbonyl (C=O) groups excluding carboxylic acids is 4. The number of benzene rings is 2. The normalized spacial score (nSPS) is 19.2. The number of hydrogen-bond acceptors (Lipinski definition) is 4. The van der Waals surface area contributed by atoms with Gasteiger partial charge in [-0.05, 0) is 42.3 Å². The molecule has 31 heavy (non-hydrogen) atoms. The number of halogens is 2. The molecule has 1 saturated heterocycles. The van der Waals surface area contributed by atoms with Crippen LogP contribution in [-0.4, -0.2) is 47.1 Å². The molecule has 5 amide bonds.